The van der Waals surface area contributed by atoms with Gasteiger partial charge in [0.2, 0.25) is 11.6 Å². The monoisotopic (exact) mass is 358 g/mol. The molecule has 9 nitrogen and oxygen atoms in total. The number of nitrogens with zero attached hydrogens (tertiary/aromatic N) is 4. The van der Waals surface area contributed by atoms with E-state index in [4.69, 9.17) is 4.74 Å². The van der Waals surface area contributed by atoms with Gasteiger partial charge >= 0.3 is 5.69 Å². The van der Waals surface area contributed by atoms with E-state index in [0.717, 1.165) is 45.0 Å². The van der Waals surface area contributed by atoms with E-state index >= 15 is 0 Å². The van der Waals surface area contributed by atoms with Gasteiger partial charge in [-0.05, 0) is 25.1 Å². The van der Waals surface area contributed by atoms with Gasteiger partial charge in [-0.3, -0.25) is 15.0 Å². The summed E-state index contributed by atoms with van der Waals surface area (Å²) in [5.74, 6) is 0.400. The number of hydrogen-bond donors (Lipinski definition) is 2. The van der Waals surface area contributed by atoms with Crippen molar-refractivity contribution in [3.63, 3.8) is 0 Å². The maximum absolute atomic E-state index is 11.5. The van der Waals surface area contributed by atoms with E-state index in [1.807, 2.05) is 30.3 Å². The molecule has 1 fully saturated rings. The van der Waals surface area contributed by atoms with Crippen molar-refractivity contribution in [2.75, 3.05) is 50.0 Å². The molecule has 0 unspecified atom stereocenters. The molecule has 2 aromatic rings. The number of hydrogen-bond acceptors (Lipinski definition) is 8. The highest BCUT2D eigenvalue weighted by atomic mass is 16.6. The quantitative estimate of drug-likeness (QED) is 0.420. The van der Waals surface area contributed by atoms with E-state index in [0.29, 0.717) is 6.54 Å². The molecule has 26 heavy (non-hydrogen) atoms. The highest BCUT2D eigenvalue weighted by Crippen LogP contribution is 2.30. The minimum absolute atomic E-state index is 0.150. The molecule has 2 heterocycles. The number of rotatable bonds is 8. The van der Waals surface area contributed by atoms with Gasteiger partial charge in [-0.2, -0.15) is 0 Å². The predicted octanol–water partition coefficient (Wildman–Crippen LogP) is 2.26. The van der Waals surface area contributed by atoms with Crippen molar-refractivity contribution in [1.29, 1.82) is 0 Å². The van der Waals surface area contributed by atoms with E-state index in [1.165, 1.54) is 6.33 Å². The zero-order valence-corrected chi connectivity index (χ0v) is 14.4. The van der Waals surface area contributed by atoms with Gasteiger partial charge in [-0.1, -0.05) is 18.2 Å². The van der Waals surface area contributed by atoms with E-state index in [9.17, 15) is 10.1 Å². The van der Waals surface area contributed by atoms with E-state index < -0.39 is 4.92 Å². The highest BCUT2D eigenvalue weighted by molar-refractivity contribution is 5.73. The SMILES string of the molecule is O=[N+]([O-])c1c(NCCCN2CCOCC2)ncnc1Nc1ccccc1. The van der Waals surface area contributed by atoms with Crippen LogP contribution in [0.5, 0.6) is 0 Å². The average Bonchev–Trinajstić information content (AvgIpc) is 2.67. The van der Waals surface area contributed by atoms with Crippen LogP contribution < -0.4 is 10.6 Å². The van der Waals surface area contributed by atoms with Gasteiger partial charge in [0.1, 0.15) is 6.33 Å². The summed E-state index contributed by atoms with van der Waals surface area (Å²) in [6.45, 7) is 4.90. The zero-order chi connectivity index (χ0) is 18.2. The Morgan fingerprint density at radius 1 is 1.15 bits per heavy atom. The molecule has 0 saturated carbocycles. The Labute approximate surface area is 151 Å². The summed E-state index contributed by atoms with van der Waals surface area (Å²) in [7, 11) is 0. The van der Waals surface area contributed by atoms with Gasteiger partial charge in [0.05, 0.1) is 18.1 Å². The van der Waals surface area contributed by atoms with Crippen LogP contribution in [-0.2, 0) is 4.74 Å². The molecule has 1 aliphatic heterocycles. The number of nitrogens with one attached hydrogen (secondary N) is 2. The summed E-state index contributed by atoms with van der Waals surface area (Å²) in [6.07, 6.45) is 2.19. The van der Waals surface area contributed by atoms with Crippen LogP contribution in [-0.4, -0.2) is 59.2 Å². The summed E-state index contributed by atoms with van der Waals surface area (Å²) in [5.41, 5.74) is 0.579. The second-order valence-electron chi connectivity index (χ2n) is 5.90. The molecule has 0 bridgehead atoms. The predicted molar refractivity (Wildman–Crippen MR) is 98.8 cm³/mol. The summed E-state index contributed by atoms with van der Waals surface area (Å²) < 4.78 is 5.32. The molecular formula is C17H22N6O3. The third-order valence-electron chi connectivity index (χ3n) is 4.09. The molecule has 0 spiro atoms. The van der Waals surface area contributed by atoms with Crippen LogP contribution in [0.15, 0.2) is 36.7 Å². The van der Waals surface area contributed by atoms with E-state index in [1.54, 1.807) is 0 Å². The second kappa shape index (κ2) is 9.07. The minimum atomic E-state index is -0.463. The van der Waals surface area contributed by atoms with Gasteiger partial charge in [0.25, 0.3) is 0 Å². The summed E-state index contributed by atoms with van der Waals surface area (Å²) in [5, 5.41) is 17.6. The van der Waals surface area contributed by atoms with Crippen LogP contribution in [0.1, 0.15) is 6.42 Å². The first-order valence-electron chi connectivity index (χ1n) is 8.59. The number of aromatic nitrogens is 2. The third-order valence-corrected chi connectivity index (χ3v) is 4.09. The van der Waals surface area contributed by atoms with Crippen molar-refractivity contribution >= 4 is 23.0 Å². The molecule has 1 aliphatic rings. The molecule has 138 valence electrons. The Hall–Kier alpha value is -2.78. The number of benzene rings is 1. The Balaban J connectivity index is 1.62. The number of ether oxygens (including phenoxy) is 1. The van der Waals surface area contributed by atoms with Crippen LogP contribution >= 0.6 is 0 Å². The zero-order valence-electron chi connectivity index (χ0n) is 14.4. The second-order valence-corrected chi connectivity index (χ2v) is 5.90. The van der Waals surface area contributed by atoms with Crippen molar-refractivity contribution in [3.8, 4) is 0 Å². The fraction of sp³-hybridized carbons (Fsp3) is 0.412. The first-order chi connectivity index (χ1) is 12.7. The normalized spacial score (nSPS) is 14.8. The Kier molecular flexibility index (Phi) is 6.29. The van der Waals surface area contributed by atoms with E-state index in [-0.39, 0.29) is 17.3 Å². The number of para-hydroxylation sites is 1. The van der Waals surface area contributed by atoms with Gasteiger partial charge in [0.15, 0.2) is 0 Å². The molecule has 1 saturated heterocycles. The van der Waals surface area contributed by atoms with Crippen LogP contribution in [0.2, 0.25) is 0 Å². The first-order valence-corrected chi connectivity index (χ1v) is 8.59. The van der Waals surface area contributed by atoms with Crippen LogP contribution in [0, 0.1) is 10.1 Å². The van der Waals surface area contributed by atoms with Gasteiger partial charge in [0, 0.05) is 25.3 Å². The standard InChI is InChI=1S/C17H22N6O3/c24-23(25)15-16(18-7-4-8-22-9-11-26-12-10-22)19-13-20-17(15)21-14-5-2-1-3-6-14/h1-3,5-6,13H,4,7-12H2,(H2,18,19,20,21). The molecule has 0 aliphatic carbocycles. The highest BCUT2D eigenvalue weighted by Gasteiger charge is 2.23. The van der Waals surface area contributed by atoms with Crippen LogP contribution in [0.4, 0.5) is 23.0 Å². The van der Waals surface area contributed by atoms with Crippen molar-refractivity contribution < 1.29 is 9.66 Å². The van der Waals surface area contributed by atoms with Gasteiger partial charge < -0.3 is 15.4 Å². The molecule has 2 N–H and O–H groups in total. The largest absolute Gasteiger partial charge is 0.379 e. The molecule has 0 amide bonds. The fourth-order valence-corrected chi connectivity index (χ4v) is 2.76. The maximum atomic E-state index is 11.5. The number of anilines is 3. The van der Waals surface area contributed by atoms with Crippen molar-refractivity contribution in [1.82, 2.24) is 14.9 Å². The minimum Gasteiger partial charge on any atom is -0.379 e. The average molecular weight is 358 g/mol. The summed E-state index contributed by atoms with van der Waals surface area (Å²) in [6, 6.07) is 9.21. The molecule has 1 aromatic heterocycles. The molecule has 3 rings (SSSR count). The summed E-state index contributed by atoms with van der Waals surface area (Å²) >= 11 is 0. The first kappa shape index (κ1) is 18.0. The van der Waals surface area contributed by atoms with E-state index in [2.05, 4.69) is 25.5 Å². The molecular weight excluding hydrogens is 336 g/mol. The molecule has 0 radical (unpaired) electrons. The Morgan fingerprint density at radius 3 is 2.62 bits per heavy atom. The van der Waals surface area contributed by atoms with Crippen LogP contribution in [0.3, 0.4) is 0 Å². The Bertz CT molecular complexity index is 722. The van der Waals surface area contributed by atoms with Crippen molar-refractivity contribution in [2.45, 2.75) is 6.42 Å². The van der Waals surface area contributed by atoms with Crippen LogP contribution in [0.25, 0.3) is 0 Å². The number of nitro groups is 1. The van der Waals surface area contributed by atoms with Gasteiger partial charge in [-0.25, -0.2) is 9.97 Å². The molecule has 0 atom stereocenters. The molecule has 1 aromatic carbocycles. The van der Waals surface area contributed by atoms with Gasteiger partial charge in [-0.15, -0.1) is 0 Å². The lowest BCUT2D eigenvalue weighted by molar-refractivity contribution is -0.383. The topological polar surface area (TPSA) is 105 Å². The summed E-state index contributed by atoms with van der Waals surface area (Å²) in [4.78, 5) is 21.5. The lowest BCUT2D eigenvalue weighted by Crippen LogP contribution is -2.37. The smallest absolute Gasteiger partial charge is 0.353 e. The third kappa shape index (κ3) is 4.87. The lowest BCUT2D eigenvalue weighted by Gasteiger charge is -2.26. The lowest BCUT2D eigenvalue weighted by atomic mass is 10.3. The fourth-order valence-electron chi connectivity index (χ4n) is 2.76. The number of morpholine rings is 1. The Morgan fingerprint density at radius 2 is 1.88 bits per heavy atom. The maximum Gasteiger partial charge on any atom is 0.353 e. The molecule has 9 heteroatoms. The van der Waals surface area contributed by atoms with Crippen molar-refractivity contribution in [3.05, 3.63) is 46.8 Å². The van der Waals surface area contributed by atoms with Crippen molar-refractivity contribution in [2.24, 2.45) is 0 Å².